The van der Waals surface area contributed by atoms with Gasteiger partial charge in [-0.25, -0.2) is 9.78 Å². The van der Waals surface area contributed by atoms with Gasteiger partial charge in [0.1, 0.15) is 6.04 Å². The lowest BCUT2D eigenvalue weighted by molar-refractivity contribution is 0.0675. The van der Waals surface area contributed by atoms with Crippen molar-refractivity contribution in [3.05, 3.63) is 52.0 Å². The van der Waals surface area contributed by atoms with Gasteiger partial charge in [-0.1, -0.05) is 28.1 Å². The van der Waals surface area contributed by atoms with Gasteiger partial charge in [-0.3, -0.25) is 4.79 Å². The normalized spacial score (nSPS) is 17.5. The van der Waals surface area contributed by atoms with Crippen molar-refractivity contribution < 1.29 is 14.7 Å². The second-order valence-corrected chi connectivity index (χ2v) is 5.17. The Bertz CT molecular complexity index is 693. The molecule has 5 nitrogen and oxygen atoms in total. The first-order valence-corrected chi connectivity index (χ1v) is 6.46. The summed E-state index contributed by atoms with van der Waals surface area (Å²) in [5.41, 5.74) is 1.56. The third-order valence-electron chi connectivity index (χ3n) is 3.28. The number of halogens is 1. The number of fused-ring (bicyclic) bond motifs is 1. The SMILES string of the molecule is O=C(O)c1nccn1C1Cc2c(Br)cccc2C1=O. The number of hydrogen-bond acceptors (Lipinski definition) is 3. The fraction of sp³-hybridized carbons (Fsp3) is 0.154. The zero-order chi connectivity index (χ0) is 13.6. The summed E-state index contributed by atoms with van der Waals surface area (Å²) in [4.78, 5) is 27.2. The Morgan fingerprint density at radius 1 is 1.47 bits per heavy atom. The van der Waals surface area contributed by atoms with Gasteiger partial charge in [0.15, 0.2) is 5.78 Å². The van der Waals surface area contributed by atoms with E-state index < -0.39 is 12.0 Å². The largest absolute Gasteiger partial charge is 0.475 e. The molecule has 1 aromatic heterocycles. The highest BCUT2D eigenvalue weighted by molar-refractivity contribution is 9.10. The molecule has 0 fully saturated rings. The molecule has 0 bridgehead atoms. The molecule has 0 saturated heterocycles. The molecule has 1 aliphatic carbocycles. The van der Waals surface area contributed by atoms with Crippen molar-refractivity contribution >= 4 is 27.7 Å². The van der Waals surface area contributed by atoms with Crippen LogP contribution in [0.1, 0.15) is 32.6 Å². The molecule has 1 atom stereocenters. The van der Waals surface area contributed by atoms with Crippen molar-refractivity contribution in [2.24, 2.45) is 0 Å². The van der Waals surface area contributed by atoms with E-state index in [0.717, 1.165) is 10.0 Å². The zero-order valence-electron chi connectivity index (χ0n) is 9.71. The summed E-state index contributed by atoms with van der Waals surface area (Å²) in [5.74, 6) is -1.31. The predicted molar refractivity (Wildman–Crippen MR) is 70.4 cm³/mol. The minimum absolute atomic E-state index is 0.0724. The number of ketones is 1. The number of imidazole rings is 1. The van der Waals surface area contributed by atoms with E-state index in [1.54, 1.807) is 12.1 Å². The number of benzene rings is 1. The fourth-order valence-electron chi connectivity index (χ4n) is 2.42. The Labute approximate surface area is 117 Å². The smallest absolute Gasteiger partial charge is 0.372 e. The Balaban J connectivity index is 2.07. The van der Waals surface area contributed by atoms with Crippen molar-refractivity contribution in [2.45, 2.75) is 12.5 Å². The van der Waals surface area contributed by atoms with Crippen LogP contribution in [0.2, 0.25) is 0 Å². The van der Waals surface area contributed by atoms with E-state index in [0.29, 0.717) is 12.0 Å². The lowest BCUT2D eigenvalue weighted by atomic mass is 10.1. The monoisotopic (exact) mass is 320 g/mol. The van der Waals surface area contributed by atoms with Crippen LogP contribution in [0.15, 0.2) is 35.1 Å². The van der Waals surface area contributed by atoms with Gasteiger partial charge in [0, 0.05) is 28.9 Å². The topological polar surface area (TPSA) is 72.2 Å². The summed E-state index contributed by atoms with van der Waals surface area (Å²) < 4.78 is 2.30. The molecule has 0 amide bonds. The third-order valence-corrected chi connectivity index (χ3v) is 4.02. The number of rotatable bonds is 2. The molecule has 2 aromatic rings. The predicted octanol–water partition coefficient (Wildman–Crippen LogP) is 2.32. The van der Waals surface area contributed by atoms with Crippen LogP contribution in [0, 0.1) is 0 Å². The number of carbonyl (C=O) groups is 2. The maximum atomic E-state index is 12.4. The maximum absolute atomic E-state index is 12.4. The number of aromatic nitrogens is 2. The summed E-state index contributed by atoms with van der Waals surface area (Å²) in [6.07, 6.45) is 3.41. The van der Waals surface area contributed by atoms with E-state index in [1.807, 2.05) is 6.07 Å². The molecule has 19 heavy (non-hydrogen) atoms. The number of Topliss-reactive ketones (excluding diaryl/α,β-unsaturated/α-hetero) is 1. The molecule has 1 heterocycles. The van der Waals surface area contributed by atoms with Crippen molar-refractivity contribution in [1.29, 1.82) is 0 Å². The number of hydrogen-bond donors (Lipinski definition) is 1. The lowest BCUT2D eigenvalue weighted by Crippen LogP contribution is -2.19. The number of carboxylic acids is 1. The molecule has 1 aromatic carbocycles. The summed E-state index contributed by atoms with van der Waals surface area (Å²) in [7, 11) is 0. The Morgan fingerprint density at radius 3 is 2.95 bits per heavy atom. The second kappa shape index (κ2) is 4.31. The minimum atomic E-state index is -1.13. The molecule has 0 spiro atoms. The minimum Gasteiger partial charge on any atom is -0.475 e. The van der Waals surface area contributed by atoms with Crippen molar-refractivity contribution in [2.75, 3.05) is 0 Å². The highest BCUT2D eigenvalue weighted by Crippen LogP contribution is 2.35. The second-order valence-electron chi connectivity index (χ2n) is 4.31. The summed E-state index contributed by atoms with van der Waals surface area (Å²) in [6, 6.07) is 4.91. The molecule has 3 rings (SSSR count). The molecule has 6 heteroatoms. The van der Waals surface area contributed by atoms with E-state index >= 15 is 0 Å². The van der Waals surface area contributed by atoms with Crippen LogP contribution in [0.5, 0.6) is 0 Å². The standard InChI is InChI=1S/C13H9BrN2O3/c14-9-3-1-2-7-8(9)6-10(11(7)17)16-5-4-15-12(16)13(18)19/h1-5,10H,6H2,(H,18,19). The molecule has 0 saturated carbocycles. The molecule has 0 aliphatic heterocycles. The Morgan fingerprint density at radius 2 is 2.26 bits per heavy atom. The van der Waals surface area contributed by atoms with Gasteiger partial charge >= 0.3 is 5.97 Å². The number of aromatic carboxylic acids is 1. The van der Waals surface area contributed by atoms with Gasteiger partial charge in [0.05, 0.1) is 0 Å². The van der Waals surface area contributed by atoms with Crippen LogP contribution in [-0.2, 0) is 6.42 Å². The lowest BCUT2D eigenvalue weighted by Gasteiger charge is -2.11. The first-order valence-electron chi connectivity index (χ1n) is 5.67. The highest BCUT2D eigenvalue weighted by atomic mass is 79.9. The molecular formula is C13H9BrN2O3. The van der Waals surface area contributed by atoms with Crippen LogP contribution in [0.3, 0.4) is 0 Å². The molecule has 96 valence electrons. The van der Waals surface area contributed by atoms with Crippen LogP contribution < -0.4 is 0 Å². The van der Waals surface area contributed by atoms with Crippen LogP contribution >= 0.6 is 15.9 Å². The summed E-state index contributed by atoms with van der Waals surface area (Å²) in [5, 5.41) is 9.07. The van der Waals surface area contributed by atoms with E-state index in [9.17, 15) is 9.59 Å². The van der Waals surface area contributed by atoms with Gasteiger partial charge in [0.2, 0.25) is 5.82 Å². The number of carbonyl (C=O) groups excluding carboxylic acids is 1. The average Bonchev–Trinajstić information content (AvgIpc) is 2.95. The highest BCUT2D eigenvalue weighted by Gasteiger charge is 2.34. The molecular weight excluding hydrogens is 312 g/mol. The fourth-order valence-corrected chi connectivity index (χ4v) is 2.95. The molecule has 1 unspecified atom stereocenters. The maximum Gasteiger partial charge on any atom is 0.372 e. The Hall–Kier alpha value is -1.95. The van der Waals surface area contributed by atoms with Gasteiger partial charge in [-0.2, -0.15) is 0 Å². The van der Waals surface area contributed by atoms with E-state index in [-0.39, 0.29) is 11.6 Å². The van der Waals surface area contributed by atoms with Gasteiger partial charge in [0.25, 0.3) is 0 Å². The zero-order valence-corrected chi connectivity index (χ0v) is 11.3. The average molecular weight is 321 g/mol. The van der Waals surface area contributed by atoms with Crippen LogP contribution in [-0.4, -0.2) is 26.4 Å². The summed E-state index contributed by atoms with van der Waals surface area (Å²) >= 11 is 3.42. The molecule has 1 aliphatic rings. The Kier molecular flexibility index (Phi) is 2.74. The summed E-state index contributed by atoms with van der Waals surface area (Å²) in [6.45, 7) is 0. The first-order chi connectivity index (χ1) is 9.09. The van der Waals surface area contributed by atoms with Gasteiger partial charge in [-0.05, 0) is 11.6 Å². The van der Waals surface area contributed by atoms with Crippen molar-refractivity contribution in [3.63, 3.8) is 0 Å². The molecule has 1 N–H and O–H groups in total. The van der Waals surface area contributed by atoms with Crippen molar-refractivity contribution in [1.82, 2.24) is 9.55 Å². The van der Waals surface area contributed by atoms with E-state index in [2.05, 4.69) is 20.9 Å². The number of nitrogens with zero attached hydrogens (tertiary/aromatic N) is 2. The van der Waals surface area contributed by atoms with Crippen molar-refractivity contribution in [3.8, 4) is 0 Å². The van der Waals surface area contributed by atoms with E-state index in [4.69, 9.17) is 5.11 Å². The van der Waals surface area contributed by atoms with Crippen LogP contribution in [0.4, 0.5) is 0 Å². The van der Waals surface area contributed by atoms with Gasteiger partial charge < -0.3 is 9.67 Å². The molecule has 0 radical (unpaired) electrons. The number of carboxylic acid groups (broad SMARTS) is 1. The third kappa shape index (κ3) is 1.79. The van der Waals surface area contributed by atoms with E-state index in [1.165, 1.54) is 17.0 Å². The quantitative estimate of drug-likeness (QED) is 0.921. The first kappa shape index (κ1) is 12.1. The van der Waals surface area contributed by atoms with Crippen LogP contribution in [0.25, 0.3) is 0 Å². The van der Waals surface area contributed by atoms with Gasteiger partial charge in [-0.15, -0.1) is 0 Å².